The van der Waals surface area contributed by atoms with Crippen LogP contribution in [-0.4, -0.2) is 10.9 Å². The number of fused-ring (bicyclic) bond motifs is 1. The number of aromatic amines is 1. The summed E-state index contributed by atoms with van der Waals surface area (Å²) in [6.07, 6.45) is 1.40. The summed E-state index contributed by atoms with van der Waals surface area (Å²) in [5.41, 5.74) is 6.90. The molecule has 0 unspecified atom stereocenters. The molecule has 0 saturated heterocycles. The average Bonchev–Trinajstić information content (AvgIpc) is 2.51. The van der Waals surface area contributed by atoms with Crippen molar-refractivity contribution in [2.24, 2.45) is 0 Å². The maximum atomic E-state index is 12.4. The first kappa shape index (κ1) is 14.2. The van der Waals surface area contributed by atoms with Crippen molar-refractivity contribution in [2.45, 2.75) is 0 Å². The van der Waals surface area contributed by atoms with Crippen molar-refractivity contribution in [3.05, 3.63) is 69.5 Å². The van der Waals surface area contributed by atoms with Gasteiger partial charge >= 0.3 is 0 Å². The molecule has 3 rings (SSSR count). The van der Waals surface area contributed by atoms with E-state index in [-0.39, 0.29) is 11.0 Å². The molecule has 1 aromatic heterocycles. The number of hydrogen-bond acceptors (Lipinski definition) is 3. The van der Waals surface area contributed by atoms with Crippen molar-refractivity contribution in [1.82, 2.24) is 4.98 Å². The fourth-order valence-electron chi connectivity index (χ4n) is 2.16. The van der Waals surface area contributed by atoms with Gasteiger partial charge in [0.05, 0.1) is 10.7 Å². The Labute approximate surface area is 130 Å². The van der Waals surface area contributed by atoms with E-state index < -0.39 is 5.91 Å². The zero-order chi connectivity index (χ0) is 15.7. The number of nitrogens with two attached hydrogens (primary N) is 1. The van der Waals surface area contributed by atoms with Gasteiger partial charge in [-0.1, -0.05) is 23.7 Å². The van der Waals surface area contributed by atoms with Crippen LogP contribution in [0.25, 0.3) is 10.9 Å². The van der Waals surface area contributed by atoms with E-state index in [9.17, 15) is 9.59 Å². The van der Waals surface area contributed by atoms with Crippen LogP contribution < -0.4 is 16.5 Å². The van der Waals surface area contributed by atoms with Gasteiger partial charge in [0.25, 0.3) is 5.91 Å². The number of benzene rings is 2. The van der Waals surface area contributed by atoms with Gasteiger partial charge < -0.3 is 16.0 Å². The molecule has 4 N–H and O–H groups in total. The maximum absolute atomic E-state index is 12.4. The van der Waals surface area contributed by atoms with Gasteiger partial charge in [-0.2, -0.15) is 0 Å². The van der Waals surface area contributed by atoms with Gasteiger partial charge in [0.2, 0.25) is 5.43 Å². The first-order chi connectivity index (χ1) is 10.6. The Morgan fingerprint density at radius 3 is 2.73 bits per heavy atom. The lowest BCUT2D eigenvalue weighted by Gasteiger charge is -2.07. The van der Waals surface area contributed by atoms with Gasteiger partial charge in [0.15, 0.2) is 0 Å². The molecule has 110 valence electrons. The zero-order valence-electron chi connectivity index (χ0n) is 11.4. The summed E-state index contributed by atoms with van der Waals surface area (Å²) < 4.78 is 0. The van der Waals surface area contributed by atoms with Gasteiger partial charge in [-0.25, -0.2) is 0 Å². The molecule has 0 aliphatic rings. The molecule has 0 atom stereocenters. The number of pyridine rings is 1. The van der Waals surface area contributed by atoms with Crippen molar-refractivity contribution >= 4 is 39.8 Å². The molecular formula is C16H12ClN3O2. The number of para-hydroxylation sites is 1. The zero-order valence-corrected chi connectivity index (χ0v) is 12.1. The van der Waals surface area contributed by atoms with Crippen molar-refractivity contribution in [1.29, 1.82) is 0 Å². The Morgan fingerprint density at radius 2 is 1.95 bits per heavy atom. The third-order valence-electron chi connectivity index (χ3n) is 3.29. The molecule has 0 radical (unpaired) electrons. The first-order valence-corrected chi connectivity index (χ1v) is 6.91. The molecule has 1 heterocycles. The van der Waals surface area contributed by atoms with Gasteiger partial charge in [-0.05, 0) is 30.3 Å². The van der Waals surface area contributed by atoms with Crippen molar-refractivity contribution in [2.75, 3.05) is 11.1 Å². The van der Waals surface area contributed by atoms with Crippen LogP contribution in [-0.2, 0) is 0 Å². The second kappa shape index (κ2) is 5.54. The lowest BCUT2D eigenvalue weighted by Crippen LogP contribution is -2.21. The molecule has 0 aliphatic carbocycles. The van der Waals surface area contributed by atoms with Crippen LogP contribution in [0.15, 0.2) is 53.5 Å². The number of carbonyl (C=O) groups is 1. The lowest BCUT2D eigenvalue weighted by atomic mass is 10.1. The molecule has 0 saturated carbocycles. The van der Waals surface area contributed by atoms with E-state index in [1.165, 1.54) is 12.3 Å². The van der Waals surface area contributed by atoms with Crippen molar-refractivity contribution in [3.8, 4) is 0 Å². The fraction of sp³-hybridized carbons (Fsp3) is 0. The van der Waals surface area contributed by atoms with Crippen LogP contribution in [0.5, 0.6) is 0 Å². The topological polar surface area (TPSA) is 88.0 Å². The van der Waals surface area contributed by atoms with Crippen molar-refractivity contribution in [3.63, 3.8) is 0 Å². The van der Waals surface area contributed by atoms with E-state index in [0.717, 1.165) is 0 Å². The molecule has 0 bridgehead atoms. The minimum absolute atomic E-state index is 0.0345. The summed E-state index contributed by atoms with van der Waals surface area (Å²) in [5, 5.41) is 3.50. The van der Waals surface area contributed by atoms with Gasteiger partial charge in [0.1, 0.15) is 5.56 Å². The van der Waals surface area contributed by atoms with Crippen molar-refractivity contribution < 1.29 is 4.79 Å². The van der Waals surface area contributed by atoms with E-state index >= 15 is 0 Å². The van der Waals surface area contributed by atoms with E-state index in [0.29, 0.717) is 27.3 Å². The average molecular weight is 314 g/mol. The van der Waals surface area contributed by atoms with E-state index in [4.69, 9.17) is 17.3 Å². The molecule has 3 aromatic rings. The monoisotopic (exact) mass is 313 g/mol. The highest BCUT2D eigenvalue weighted by atomic mass is 35.5. The second-order valence-corrected chi connectivity index (χ2v) is 5.17. The Morgan fingerprint density at radius 1 is 1.18 bits per heavy atom. The number of carbonyl (C=O) groups excluding carboxylic acids is 1. The number of halogens is 1. The minimum Gasteiger partial charge on any atom is -0.397 e. The Hall–Kier alpha value is -2.79. The summed E-state index contributed by atoms with van der Waals surface area (Å²) in [5.74, 6) is -0.506. The summed E-state index contributed by atoms with van der Waals surface area (Å²) in [6.45, 7) is 0. The maximum Gasteiger partial charge on any atom is 0.261 e. The highest BCUT2D eigenvalue weighted by Crippen LogP contribution is 2.22. The number of anilines is 2. The van der Waals surface area contributed by atoms with E-state index in [1.807, 2.05) is 6.07 Å². The molecule has 0 aliphatic heterocycles. The predicted molar refractivity (Wildman–Crippen MR) is 88.4 cm³/mol. The van der Waals surface area contributed by atoms with Crippen LogP contribution in [0.2, 0.25) is 5.02 Å². The Kier molecular flexibility index (Phi) is 3.56. The first-order valence-electron chi connectivity index (χ1n) is 6.53. The summed E-state index contributed by atoms with van der Waals surface area (Å²) in [7, 11) is 0. The summed E-state index contributed by atoms with van der Waals surface area (Å²) in [4.78, 5) is 27.6. The molecule has 6 heteroatoms. The number of nitrogens with one attached hydrogen (secondary N) is 2. The molecule has 2 aromatic carbocycles. The van der Waals surface area contributed by atoms with Gasteiger partial charge in [0, 0.05) is 22.8 Å². The second-order valence-electron chi connectivity index (χ2n) is 4.77. The van der Waals surface area contributed by atoms with Crippen LogP contribution in [0.4, 0.5) is 11.4 Å². The molecular weight excluding hydrogens is 302 g/mol. The number of H-pyrrole nitrogens is 1. The summed E-state index contributed by atoms with van der Waals surface area (Å²) in [6, 6.07) is 11.7. The van der Waals surface area contributed by atoms with Gasteiger partial charge in [-0.15, -0.1) is 0 Å². The van der Waals surface area contributed by atoms with Crippen LogP contribution in [0.1, 0.15) is 10.4 Å². The minimum atomic E-state index is -0.506. The number of rotatable bonds is 2. The standard InChI is InChI=1S/C16H12ClN3O2/c17-12-6-5-9(7-13(12)18)20-16(22)11-8-19-14-4-2-1-3-10(14)15(11)21/h1-8H,18H2,(H,19,21)(H,20,22). The fourth-order valence-corrected chi connectivity index (χ4v) is 2.27. The van der Waals surface area contributed by atoms with Crippen LogP contribution in [0, 0.1) is 0 Å². The SMILES string of the molecule is Nc1cc(NC(=O)c2c[nH]c3ccccc3c2=O)ccc1Cl. The predicted octanol–water partition coefficient (Wildman–Crippen LogP) is 3.02. The lowest BCUT2D eigenvalue weighted by molar-refractivity contribution is 0.102. The number of nitrogen functional groups attached to an aromatic ring is 1. The van der Waals surface area contributed by atoms with E-state index in [1.54, 1.807) is 30.3 Å². The number of amides is 1. The van der Waals surface area contributed by atoms with Crippen LogP contribution >= 0.6 is 11.6 Å². The van der Waals surface area contributed by atoms with Gasteiger partial charge in [-0.3, -0.25) is 9.59 Å². The third-order valence-corrected chi connectivity index (χ3v) is 3.63. The molecule has 22 heavy (non-hydrogen) atoms. The molecule has 0 spiro atoms. The van der Waals surface area contributed by atoms with Crippen LogP contribution in [0.3, 0.4) is 0 Å². The number of aromatic nitrogens is 1. The quantitative estimate of drug-likeness (QED) is 0.635. The molecule has 0 fully saturated rings. The van der Waals surface area contributed by atoms with E-state index in [2.05, 4.69) is 10.3 Å². The number of hydrogen-bond donors (Lipinski definition) is 3. The Bertz CT molecular complexity index is 934. The normalized spacial score (nSPS) is 10.6. The third kappa shape index (κ3) is 2.54. The molecule has 1 amide bonds. The Balaban J connectivity index is 1.97. The molecule has 5 nitrogen and oxygen atoms in total. The largest absolute Gasteiger partial charge is 0.397 e. The smallest absolute Gasteiger partial charge is 0.261 e. The summed E-state index contributed by atoms with van der Waals surface area (Å²) >= 11 is 5.83. The highest BCUT2D eigenvalue weighted by Gasteiger charge is 2.13. The highest BCUT2D eigenvalue weighted by molar-refractivity contribution is 6.33.